The van der Waals surface area contributed by atoms with Gasteiger partial charge in [-0.25, -0.2) is 0 Å². The molecular formula is C71H63N. The van der Waals surface area contributed by atoms with Gasteiger partial charge in [-0.1, -0.05) is 232 Å². The summed E-state index contributed by atoms with van der Waals surface area (Å²) in [6.07, 6.45) is 4.88. The molecule has 5 aliphatic carbocycles. The van der Waals surface area contributed by atoms with Gasteiger partial charge in [0.15, 0.2) is 0 Å². The van der Waals surface area contributed by atoms with Gasteiger partial charge < -0.3 is 4.90 Å². The maximum atomic E-state index is 2.68. The minimum atomic E-state index is -0.524. The third kappa shape index (κ3) is 5.71. The molecule has 0 saturated heterocycles. The summed E-state index contributed by atoms with van der Waals surface area (Å²) < 4.78 is 0. The molecule has 0 N–H and O–H groups in total. The second-order valence-corrected chi connectivity index (χ2v) is 24.3. The smallest absolute Gasteiger partial charge is 0.0726 e. The number of hydrogen-bond acceptors (Lipinski definition) is 1. The van der Waals surface area contributed by atoms with E-state index in [2.05, 4.69) is 248 Å². The van der Waals surface area contributed by atoms with Crippen LogP contribution in [0.4, 0.5) is 17.1 Å². The Morgan fingerprint density at radius 1 is 0.361 bits per heavy atom. The monoisotopic (exact) mass is 929 g/mol. The van der Waals surface area contributed by atoms with Crippen LogP contribution in [-0.4, -0.2) is 0 Å². The summed E-state index contributed by atoms with van der Waals surface area (Å²) in [6, 6.07) is 73.8. The van der Waals surface area contributed by atoms with E-state index in [0.29, 0.717) is 0 Å². The molecule has 0 radical (unpaired) electrons. The Labute approximate surface area is 427 Å². The first-order valence-corrected chi connectivity index (χ1v) is 26.6. The predicted octanol–water partition coefficient (Wildman–Crippen LogP) is 18.9. The van der Waals surface area contributed by atoms with Crippen LogP contribution in [0.1, 0.15) is 137 Å². The average molecular weight is 930 g/mol. The van der Waals surface area contributed by atoms with Crippen LogP contribution in [0.5, 0.6) is 0 Å². The van der Waals surface area contributed by atoms with Crippen molar-refractivity contribution in [2.45, 2.75) is 108 Å². The fraction of sp³-hybridized carbons (Fsp3) is 0.239. The van der Waals surface area contributed by atoms with Crippen molar-refractivity contribution in [3.8, 4) is 55.6 Å². The van der Waals surface area contributed by atoms with Crippen LogP contribution >= 0.6 is 0 Å². The summed E-state index contributed by atoms with van der Waals surface area (Å²) in [5.74, 6) is 0. The summed E-state index contributed by atoms with van der Waals surface area (Å²) in [5, 5.41) is 0. The zero-order chi connectivity index (χ0) is 49.1. The lowest BCUT2D eigenvalue weighted by molar-refractivity contribution is 0.550. The zero-order valence-electron chi connectivity index (χ0n) is 43.2. The lowest BCUT2D eigenvalue weighted by atomic mass is 9.69. The largest absolute Gasteiger partial charge is 0.309 e. The van der Waals surface area contributed by atoms with E-state index in [1.165, 1.54) is 154 Å². The van der Waals surface area contributed by atoms with Gasteiger partial charge in [-0.3, -0.25) is 0 Å². The highest BCUT2D eigenvalue weighted by molar-refractivity contribution is 6.03. The van der Waals surface area contributed by atoms with Crippen molar-refractivity contribution in [1.29, 1.82) is 0 Å². The van der Waals surface area contributed by atoms with Crippen LogP contribution in [0.2, 0.25) is 0 Å². The molecular weight excluding hydrogens is 867 g/mol. The second kappa shape index (κ2) is 14.9. The molecule has 0 aliphatic heterocycles. The molecule has 9 aromatic carbocycles. The van der Waals surface area contributed by atoms with Crippen LogP contribution in [0.3, 0.4) is 0 Å². The van der Waals surface area contributed by atoms with Crippen LogP contribution in [0, 0.1) is 0 Å². The molecule has 1 saturated carbocycles. The number of anilines is 3. The molecule has 0 amide bonds. The van der Waals surface area contributed by atoms with E-state index in [1.807, 2.05) is 0 Å². The first kappa shape index (κ1) is 43.6. The molecule has 0 unspecified atom stereocenters. The van der Waals surface area contributed by atoms with E-state index in [1.54, 1.807) is 0 Å². The highest BCUT2D eigenvalue weighted by atomic mass is 15.1. The minimum absolute atomic E-state index is 0.0191. The van der Waals surface area contributed by atoms with Crippen molar-refractivity contribution >= 4 is 17.1 Å². The number of nitrogens with zero attached hydrogens (tertiary/aromatic N) is 1. The van der Waals surface area contributed by atoms with Crippen LogP contribution < -0.4 is 4.90 Å². The van der Waals surface area contributed by atoms with Crippen LogP contribution in [0.25, 0.3) is 55.6 Å². The Hall–Kier alpha value is -7.22. The molecule has 0 bridgehead atoms. The van der Waals surface area contributed by atoms with Gasteiger partial charge in [0.05, 0.1) is 16.8 Å². The van der Waals surface area contributed by atoms with Crippen molar-refractivity contribution in [1.82, 2.24) is 0 Å². The van der Waals surface area contributed by atoms with Gasteiger partial charge in [0.2, 0.25) is 0 Å². The third-order valence-corrected chi connectivity index (χ3v) is 18.1. The average Bonchev–Trinajstić information content (AvgIpc) is 4.18. The minimum Gasteiger partial charge on any atom is -0.309 e. The SMILES string of the molecule is CC(C)(C)c1ccc2c(c1)C1(c3cc(C(C)(C)C)ccc3-2)c2ccccc2-c2c(N(c3ccc4c(c3)C3(CCCC3)c3ccccc3-4)c3ccccc3-c3cccc4c3C(C)(C)c3ccccc3-4)cccc21. The maximum Gasteiger partial charge on any atom is 0.0726 e. The quantitative estimate of drug-likeness (QED) is 0.170. The number of benzene rings is 9. The molecule has 0 atom stereocenters. The van der Waals surface area contributed by atoms with E-state index in [0.717, 1.165) is 0 Å². The summed E-state index contributed by atoms with van der Waals surface area (Å²) in [6.45, 7) is 19.0. The summed E-state index contributed by atoms with van der Waals surface area (Å²) in [4.78, 5) is 2.68. The molecule has 0 aromatic heterocycles. The first-order chi connectivity index (χ1) is 34.7. The Kier molecular flexibility index (Phi) is 9.03. The number of rotatable bonds is 4. The van der Waals surface area contributed by atoms with E-state index in [9.17, 15) is 0 Å². The molecule has 1 nitrogen and oxygen atoms in total. The lowest BCUT2D eigenvalue weighted by Crippen LogP contribution is -2.27. The van der Waals surface area contributed by atoms with Gasteiger partial charge in [0, 0.05) is 27.6 Å². The Morgan fingerprint density at radius 2 is 0.819 bits per heavy atom. The fourth-order valence-electron chi connectivity index (χ4n) is 14.8. The number of hydrogen-bond donors (Lipinski definition) is 0. The molecule has 0 heterocycles. The number of para-hydroxylation sites is 1. The standard InChI is InChI=1S/C71H63N/c1-67(2,3)44-33-36-50-51-37-34-45(68(4,5)6)42-62(51)71(61(50)41-44)58-29-15-11-24-55(58)65-59(71)30-20-32-64(65)72(46-35-38-49-47-21-10-14-28-57(47)70(60(49)43-46)39-17-18-40-70)63-31-16-12-23-52(63)54-26-19-25-53-48-22-9-13-27-56(48)69(7,8)66(53)54/h9-16,19-38,41-43H,17-18,39-40H2,1-8H3. The molecule has 2 spiro atoms. The van der Waals surface area contributed by atoms with Gasteiger partial charge in [-0.05, 0) is 148 Å². The van der Waals surface area contributed by atoms with Gasteiger partial charge >= 0.3 is 0 Å². The van der Waals surface area contributed by atoms with Crippen molar-refractivity contribution in [2.24, 2.45) is 0 Å². The lowest BCUT2D eigenvalue weighted by Gasteiger charge is -2.34. The van der Waals surface area contributed by atoms with E-state index in [4.69, 9.17) is 0 Å². The van der Waals surface area contributed by atoms with Crippen LogP contribution in [0.15, 0.2) is 188 Å². The highest BCUT2D eigenvalue weighted by Gasteiger charge is 2.54. The summed E-state index contributed by atoms with van der Waals surface area (Å²) in [5.41, 5.74) is 30.3. The second-order valence-electron chi connectivity index (χ2n) is 24.3. The molecule has 9 aromatic rings. The predicted molar refractivity (Wildman–Crippen MR) is 303 cm³/mol. The third-order valence-electron chi connectivity index (χ3n) is 18.1. The fourth-order valence-corrected chi connectivity index (χ4v) is 14.8. The van der Waals surface area contributed by atoms with Crippen molar-refractivity contribution < 1.29 is 0 Å². The van der Waals surface area contributed by atoms with Crippen molar-refractivity contribution in [3.63, 3.8) is 0 Å². The molecule has 14 rings (SSSR count). The van der Waals surface area contributed by atoms with Crippen molar-refractivity contribution in [2.75, 3.05) is 4.90 Å². The molecule has 352 valence electrons. The van der Waals surface area contributed by atoms with Crippen LogP contribution in [-0.2, 0) is 27.1 Å². The molecule has 1 fully saturated rings. The Bertz CT molecular complexity index is 3700. The maximum absolute atomic E-state index is 2.68. The van der Waals surface area contributed by atoms with Crippen molar-refractivity contribution in [3.05, 3.63) is 244 Å². The van der Waals surface area contributed by atoms with Gasteiger partial charge in [0.1, 0.15) is 0 Å². The Morgan fingerprint density at radius 3 is 1.47 bits per heavy atom. The van der Waals surface area contributed by atoms with E-state index in [-0.39, 0.29) is 21.7 Å². The number of fused-ring (bicyclic) bond motifs is 18. The van der Waals surface area contributed by atoms with Gasteiger partial charge in [-0.2, -0.15) is 0 Å². The van der Waals surface area contributed by atoms with E-state index >= 15 is 0 Å². The molecule has 5 aliphatic rings. The highest BCUT2D eigenvalue weighted by Crippen LogP contribution is 2.66. The van der Waals surface area contributed by atoms with Gasteiger partial charge in [0.25, 0.3) is 0 Å². The summed E-state index contributed by atoms with van der Waals surface area (Å²) >= 11 is 0. The summed E-state index contributed by atoms with van der Waals surface area (Å²) in [7, 11) is 0. The van der Waals surface area contributed by atoms with Gasteiger partial charge in [-0.15, -0.1) is 0 Å². The molecule has 72 heavy (non-hydrogen) atoms. The normalized spacial score (nSPS) is 16.4. The topological polar surface area (TPSA) is 3.24 Å². The van der Waals surface area contributed by atoms with E-state index < -0.39 is 5.41 Å². The Balaban J connectivity index is 1.08. The zero-order valence-corrected chi connectivity index (χ0v) is 43.2. The molecule has 1 heteroatoms. The first-order valence-electron chi connectivity index (χ1n) is 26.6.